The average molecular weight is 348 g/mol. The Hall–Kier alpha value is -2.52. The molecule has 6 nitrogen and oxygen atoms in total. The van der Waals surface area contributed by atoms with E-state index < -0.39 is 5.97 Å². The van der Waals surface area contributed by atoms with E-state index in [4.69, 9.17) is 5.11 Å². The van der Waals surface area contributed by atoms with Gasteiger partial charge in [0.25, 0.3) is 0 Å². The van der Waals surface area contributed by atoms with E-state index in [9.17, 15) is 9.18 Å². The van der Waals surface area contributed by atoms with Gasteiger partial charge in [-0.25, -0.2) is 24.1 Å². The summed E-state index contributed by atoms with van der Waals surface area (Å²) < 4.78 is 15.8. The number of hydrogen-bond donors (Lipinski definition) is 2. The highest BCUT2D eigenvalue weighted by atomic mass is 32.2. The summed E-state index contributed by atoms with van der Waals surface area (Å²) in [7, 11) is 0. The zero-order valence-corrected chi connectivity index (χ0v) is 13.1. The van der Waals surface area contributed by atoms with Crippen molar-refractivity contribution in [3.05, 3.63) is 53.4 Å². The van der Waals surface area contributed by atoms with Gasteiger partial charge >= 0.3 is 5.97 Å². The van der Waals surface area contributed by atoms with Gasteiger partial charge in [-0.15, -0.1) is 11.3 Å². The Bertz CT molecular complexity index is 822. The number of nitrogens with one attached hydrogen (secondary N) is 1. The standard InChI is InChI=1S/C14H9FN4O2S2/c15-10-3-1-8(2-4-10)12-18-11(7-22-12)23-19-14-16-5-9(6-17-14)13(20)21/h1-7H,(H,20,21)(H,16,17,19). The number of nitrogens with zero attached hydrogens (tertiary/aromatic N) is 3. The van der Waals surface area contributed by atoms with Crippen LogP contribution in [0.2, 0.25) is 0 Å². The molecule has 9 heteroatoms. The summed E-state index contributed by atoms with van der Waals surface area (Å²) in [6.07, 6.45) is 2.45. The van der Waals surface area contributed by atoms with Crippen LogP contribution in [-0.2, 0) is 0 Å². The Morgan fingerprint density at radius 2 is 1.91 bits per heavy atom. The second kappa shape index (κ2) is 6.71. The van der Waals surface area contributed by atoms with Crippen LogP contribution in [0.15, 0.2) is 47.1 Å². The number of carboxylic acid groups (broad SMARTS) is 1. The molecule has 0 atom stereocenters. The van der Waals surface area contributed by atoms with E-state index in [0.29, 0.717) is 5.03 Å². The van der Waals surface area contributed by atoms with Crippen LogP contribution in [-0.4, -0.2) is 26.0 Å². The second-order valence-electron chi connectivity index (χ2n) is 4.30. The van der Waals surface area contributed by atoms with Gasteiger partial charge in [-0.05, 0) is 24.3 Å². The minimum absolute atomic E-state index is 0.0211. The van der Waals surface area contributed by atoms with E-state index in [1.54, 1.807) is 12.1 Å². The molecule has 0 amide bonds. The van der Waals surface area contributed by atoms with Crippen LogP contribution in [0, 0.1) is 5.82 Å². The predicted molar refractivity (Wildman–Crippen MR) is 86.0 cm³/mol. The van der Waals surface area contributed by atoms with Crippen LogP contribution in [0.5, 0.6) is 0 Å². The highest BCUT2D eigenvalue weighted by molar-refractivity contribution is 8.00. The summed E-state index contributed by atoms with van der Waals surface area (Å²) in [6, 6.07) is 6.12. The van der Waals surface area contributed by atoms with Gasteiger partial charge in [-0.3, -0.25) is 4.72 Å². The van der Waals surface area contributed by atoms with Gasteiger partial charge in [0.1, 0.15) is 15.9 Å². The first-order chi connectivity index (χ1) is 11.1. The summed E-state index contributed by atoms with van der Waals surface area (Å²) in [5.41, 5.74) is 0.859. The molecular weight excluding hydrogens is 339 g/mol. The van der Waals surface area contributed by atoms with Crippen molar-refractivity contribution in [2.24, 2.45) is 0 Å². The number of hydrogen-bond acceptors (Lipinski definition) is 7. The molecule has 116 valence electrons. The number of anilines is 1. The second-order valence-corrected chi connectivity index (χ2v) is 5.99. The highest BCUT2D eigenvalue weighted by Gasteiger charge is 2.08. The number of halogens is 1. The average Bonchev–Trinajstić information content (AvgIpc) is 3.03. The molecule has 0 spiro atoms. The first kappa shape index (κ1) is 15.4. The quantitative estimate of drug-likeness (QED) is 0.682. The summed E-state index contributed by atoms with van der Waals surface area (Å²) >= 11 is 2.65. The van der Waals surface area contributed by atoms with Crippen molar-refractivity contribution in [1.29, 1.82) is 0 Å². The zero-order chi connectivity index (χ0) is 16.2. The largest absolute Gasteiger partial charge is 0.478 e. The van der Waals surface area contributed by atoms with Gasteiger partial charge in [-0.1, -0.05) is 0 Å². The van der Waals surface area contributed by atoms with Crippen LogP contribution >= 0.6 is 23.3 Å². The Balaban J connectivity index is 1.65. The van der Waals surface area contributed by atoms with Gasteiger partial charge < -0.3 is 5.11 Å². The topological polar surface area (TPSA) is 88.0 Å². The number of thiazole rings is 1. The molecule has 3 rings (SSSR count). The number of aromatic carboxylic acids is 1. The molecule has 2 aromatic heterocycles. The van der Waals surface area contributed by atoms with Gasteiger partial charge in [0, 0.05) is 35.3 Å². The zero-order valence-electron chi connectivity index (χ0n) is 11.4. The van der Waals surface area contributed by atoms with Gasteiger partial charge in [0.05, 0.1) is 5.56 Å². The molecule has 2 heterocycles. The molecule has 0 saturated carbocycles. The minimum atomic E-state index is -1.08. The third kappa shape index (κ3) is 3.82. The molecule has 3 aromatic rings. The van der Waals surface area contributed by atoms with E-state index >= 15 is 0 Å². The lowest BCUT2D eigenvalue weighted by molar-refractivity contribution is 0.0696. The third-order valence-corrected chi connectivity index (χ3v) is 4.46. The van der Waals surface area contributed by atoms with Crippen molar-refractivity contribution in [3.8, 4) is 10.6 Å². The Labute approximate surface area is 138 Å². The number of benzene rings is 1. The Morgan fingerprint density at radius 1 is 1.22 bits per heavy atom. The number of carbonyl (C=O) groups is 1. The van der Waals surface area contributed by atoms with Gasteiger partial charge in [0.15, 0.2) is 0 Å². The SMILES string of the molecule is O=C(O)c1cnc(NSc2csc(-c3ccc(F)cc3)n2)nc1. The van der Waals surface area contributed by atoms with Crippen molar-refractivity contribution in [3.63, 3.8) is 0 Å². The summed E-state index contributed by atoms with van der Waals surface area (Å²) in [5.74, 6) is -1.08. The number of carboxylic acids is 1. The van der Waals surface area contributed by atoms with E-state index in [-0.39, 0.29) is 17.3 Å². The normalized spacial score (nSPS) is 10.5. The molecule has 0 unspecified atom stereocenters. The molecule has 0 bridgehead atoms. The number of rotatable bonds is 5. The van der Waals surface area contributed by atoms with Gasteiger partial charge in [-0.2, -0.15) is 0 Å². The fraction of sp³-hybridized carbons (Fsp3) is 0. The maximum absolute atomic E-state index is 12.9. The van der Waals surface area contributed by atoms with Crippen molar-refractivity contribution >= 4 is 35.2 Å². The fourth-order valence-corrected chi connectivity index (χ4v) is 3.14. The molecule has 23 heavy (non-hydrogen) atoms. The lowest BCUT2D eigenvalue weighted by Crippen LogP contribution is -2.01. The molecule has 0 aliphatic rings. The van der Waals surface area contributed by atoms with Crippen molar-refractivity contribution < 1.29 is 14.3 Å². The summed E-state index contributed by atoms with van der Waals surface area (Å²) in [5, 5.41) is 12.1. The monoisotopic (exact) mass is 348 g/mol. The molecule has 0 fully saturated rings. The van der Waals surface area contributed by atoms with E-state index in [1.165, 1.54) is 47.8 Å². The summed E-state index contributed by atoms with van der Waals surface area (Å²) in [4.78, 5) is 22.9. The summed E-state index contributed by atoms with van der Waals surface area (Å²) in [6.45, 7) is 0. The lowest BCUT2D eigenvalue weighted by Gasteiger charge is -2.01. The van der Waals surface area contributed by atoms with E-state index in [1.807, 2.05) is 5.38 Å². The first-order valence-electron chi connectivity index (χ1n) is 6.31. The molecular formula is C14H9FN4O2S2. The Kier molecular flexibility index (Phi) is 4.49. The maximum atomic E-state index is 12.9. The molecule has 0 radical (unpaired) electrons. The lowest BCUT2D eigenvalue weighted by atomic mass is 10.2. The number of aromatic nitrogens is 3. The molecule has 0 aliphatic carbocycles. The molecule has 2 N–H and O–H groups in total. The van der Waals surface area contributed by atoms with Gasteiger partial charge in [0.2, 0.25) is 5.95 Å². The van der Waals surface area contributed by atoms with Crippen LogP contribution in [0.4, 0.5) is 10.3 Å². The molecule has 0 aliphatic heterocycles. The fourth-order valence-electron chi connectivity index (χ4n) is 1.62. The maximum Gasteiger partial charge on any atom is 0.338 e. The van der Waals surface area contributed by atoms with Crippen LogP contribution in [0.3, 0.4) is 0 Å². The highest BCUT2D eigenvalue weighted by Crippen LogP contribution is 2.28. The van der Waals surface area contributed by atoms with Crippen LogP contribution in [0.25, 0.3) is 10.6 Å². The van der Waals surface area contributed by atoms with Crippen molar-refractivity contribution in [2.45, 2.75) is 5.03 Å². The first-order valence-corrected chi connectivity index (χ1v) is 8.01. The van der Waals surface area contributed by atoms with Crippen molar-refractivity contribution in [2.75, 3.05) is 4.72 Å². The van der Waals surface area contributed by atoms with E-state index in [0.717, 1.165) is 10.6 Å². The Morgan fingerprint density at radius 3 is 2.57 bits per heavy atom. The third-order valence-electron chi connectivity index (χ3n) is 2.72. The van der Waals surface area contributed by atoms with Crippen LogP contribution in [0.1, 0.15) is 10.4 Å². The molecule has 0 saturated heterocycles. The van der Waals surface area contributed by atoms with Crippen molar-refractivity contribution in [1.82, 2.24) is 15.0 Å². The minimum Gasteiger partial charge on any atom is -0.478 e. The molecule has 1 aromatic carbocycles. The van der Waals surface area contributed by atoms with E-state index in [2.05, 4.69) is 19.7 Å². The van der Waals surface area contributed by atoms with Crippen LogP contribution < -0.4 is 4.72 Å². The smallest absolute Gasteiger partial charge is 0.338 e. The predicted octanol–water partition coefficient (Wildman–Crippen LogP) is 3.56.